The second-order valence-electron chi connectivity index (χ2n) is 7.57. The summed E-state index contributed by atoms with van der Waals surface area (Å²) in [6, 6.07) is 7.81. The van der Waals surface area contributed by atoms with Crippen LogP contribution in [-0.2, 0) is 10.2 Å². The Morgan fingerprint density at radius 2 is 2.08 bits per heavy atom. The third-order valence-corrected chi connectivity index (χ3v) is 5.21. The number of nitrogens with zero attached hydrogens (tertiary/aromatic N) is 2. The summed E-state index contributed by atoms with van der Waals surface area (Å²) in [7, 11) is 0. The number of carbonyl (C=O) groups is 1. The third kappa shape index (κ3) is 5.03. The fourth-order valence-electron chi connectivity index (χ4n) is 3.32. The van der Waals surface area contributed by atoms with Crippen LogP contribution in [0, 0.1) is 11.3 Å². The van der Waals surface area contributed by atoms with Gasteiger partial charge in [-0.1, -0.05) is 29.3 Å². The number of rotatable bonds is 3. The van der Waals surface area contributed by atoms with Crippen molar-refractivity contribution in [3.8, 4) is 6.07 Å². The van der Waals surface area contributed by atoms with Crippen LogP contribution in [0.3, 0.4) is 0 Å². The zero-order valence-electron chi connectivity index (χ0n) is 14.9. The summed E-state index contributed by atoms with van der Waals surface area (Å²) < 4.78 is 5.53. The average molecular weight is 383 g/mol. The molecule has 136 valence electrons. The molecule has 4 nitrogen and oxygen atoms in total. The summed E-state index contributed by atoms with van der Waals surface area (Å²) in [5, 5.41) is 10.1. The fourth-order valence-corrected chi connectivity index (χ4v) is 3.62. The molecule has 1 aromatic rings. The van der Waals surface area contributed by atoms with Crippen molar-refractivity contribution in [2.24, 2.45) is 0 Å². The standard InChI is InChI=1S/C19H24Cl2N2O2/c1-18(2,3)25-17(24)23-11-5-9-19(13-23,8-4-10-22)14-6-7-15(20)16(21)12-14/h6-7,12H,4-5,8-9,11,13H2,1-3H3. The molecule has 25 heavy (non-hydrogen) atoms. The van der Waals surface area contributed by atoms with Crippen LogP contribution in [0.15, 0.2) is 18.2 Å². The molecule has 0 bridgehead atoms. The number of hydrogen-bond acceptors (Lipinski definition) is 3. The zero-order valence-corrected chi connectivity index (χ0v) is 16.5. The molecule has 1 heterocycles. The number of halogens is 2. The van der Waals surface area contributed by atoms with Gasteiger partial charge in [0.15, 0.2) is 0 Å². The van der Waals surface area contributed by atoms with E-state index in [1.54, 1.807) is 11.0 Å². The van der Waals surface area contributed by atoms with Crippen LogP contribution < -0.4 is 0 Å². The molecule has 1 aliphatic rings. The lowest BCUT2D eigenvalue weighted by Crippen LogP contribution is -2.49. The van der Waals surface area contributed by atoms with Crippen molar-refractivity contribution in [1.82, 2.24) is 4.90 Å². The van der Waals surface area contributed by atoms with Gasteiger partial charge in [-0.05, 0) is 57.7 Å². The summed E-state index contributed by atoms with van der Waals surface area (Å²) in [4.78, 5) is 14.3. The average Bonchev–Trinajstić information content (AvgIpc) is 2.54. The Hall–Kier alpha value is -1.44. The highest BCUT2D eigenvalue weighted by Crippen LogP contribution is 2.40. The SMILES string of the molecule is CC(C)(C)OC(=O)N1CCCC(CCC#N)(c2ccc(Cl)c(Cl)c2)C1. The first kappa shape index (κ1) is 19.9. The van der Waals surface area contributed by atoms with Crippen LogP contribution >= 0.6 is 23.2 Å². The molecule has 0 N–H and O–H groups in total. The van der Waals surface area contributed by atoms with E-state index in [4.69, 9.17) is 33.2 Å². The predicted octanol–water partition coefficient (Wildman–Crippen LogP) is 5.57. The van der Waals surface area contributed by atoms with E-state index in [1.807, 2.05) is 32.9 Å². The molecule has 1 amide bonds. The number of ether oxygens (including phenoxy) is 1. The Labute approximate surface area is 159 Å². The van der Waals surface area contributed by atoms with Gasteiger partial charge in [0.2, 0.25) is 0 Å². The maximum Gasteiger partial charge on any atom is 0.410 e. The maximum atomic E-state index is 12.5. The van der Waals surface area contributed by atoms with E-state index in [-0.39, 0.29) is 11.5 Å². The van der Waals surface area contributed by atoms with Crippen molar-refractivity contribution in [1.29, 1.82) is 5.26 Å². The second kappa shape index (κ2) is 7.85. The number of amides is 1. The molecule has 0 spiro atoms. The van der Waals surface area contributed by atoms with Gasteiger partial charge in [-0.3, -0.25) is 0 Å². The summed E-state index contributed by atoms with van der Waals surface area (Å²) in [6.07, 6.45) is 2.52. The monoisotopic (exact) mass is 382 g/mol. The molecule has 1 atom stereocenters. The van der Waals surface area contributed by atoms with Crippen molar-refractivity contribution in [3.05, 3.63) is 33.8 Å². The minimum atomic E-state index is -0.534. The number of likely N-dealkylation sites (tertiary alicyclic amines) is 1. The van der Waals surface area contributed by atoms with E-state index in [0.717, 1.165) is 18.4 Å². The molecule has 0 aromatic heterocycles. The van der Waals surface area contributed by atoms with Gasteiger partial charge in [0.1, 0.15) is 5.60 Å². The Balaban J connectivity index is 2.31. The Morgan fingerprint density at radius 1 is 1.36 bits per heavy atom. The second-order valence-corrected chi connectivity index (χ2v) is 8.39. The topological polar surface area (TPSA) is 53.3 Å². The number of hydrogen-bond donors (Lipinski definition) is 0. The molecule has 6 heteroatoms. The largest absolute Gasteiger partial charge is 0.444 e. The fraction of sp³-hybridized carbons (Fsp3) is 0.579. The summed E-state index contributed by atoms with van der Waals surface area (Å²) in [5.74, 6) is 0. The van der Waals surface area contributed by atoms with Crippen LogP contribution in [0.4, 0.5) is 4.79 Å². The lowest BCUT2D eigenvalue weighted by Gasteiger charge is -2.43. The molecule has 0 saturated carbocycles. The number of piperidine rings is 1. The minimum absolute atomic E-state index is 0.306. The highest BCUT2D eigenvalue weighted by Gasteiger charge is 2.39. The van der Waals surface area contributed by atoms with E-state index in [1.165, 1.54) is 0 Å². The summed E-state index contributed by atoms with van der Waals surface area (Å²) in [5.41, 5.74) is 0.178. The molecule has 0 radical (unpaired) electrons. The molecular formula is C19H24Cl2N2O2. The van der Waals surface area contributed by atoms with Crippen LogP contribution in [0.2, 0.25) is 10.0 Å². The molecule has 1 aliphatic heterocycles. The van der Waals surface area contributed by atoms with Gasteiger partial charge in [0.05, 0.1) is 16.1 Å². The van der Waals surface area contributed by atoms with E-state index in [2.05, 4.69) is 6.07 Å². The van der Waals surface area contributed by atoms with Crippen LogP contribution in [-0.4, -0.2) is 29.7 Å². The van der Waals surface area contributed by atoms with Gasteiger partial charge in [-0.25, -0.2) is 4.79 Å². The van der Waals surface area contributed by atoms with Crippen LogP contribution in [0.25, 0.3) is 0 Å². The quantitative estimate of drug-likeness (QED) is 0.686. The Kier molecular flexibility index (Phi) is 6.24. The van der Waals surface area contributed by atoms with Gasteiger partial charge in [0.25, 0.3) is 0 Å². The first-order valence-electron chi connectivity index (χ1n) is 8.47. The van der Waals surface area contributed by atoms with Gasteiger partial charge < -0.3 is 9.64 Å². The normalized spacial score (nSPS) is 20.9. The molecule has 1 unspecified atom stereocenters. The van der Waals surface area contributed by atoms with E-state index < -0.39 is 5.60 Å². The van der Waals surface area contributed by atoms with Gasteiger partial charge in [0, 0.05) is 24.9 Å². The number of carbonyl (C=O) groups excluding carboxylic acids is 1. The summed E-state index contributed by atoms with van der Waals surface area (Å²) >= 11 is 12.3. The van der Waals surface area contributed by atoms with Crippen molar-refractivity contribution in [2.45, 2.75) is 57.5 Å². The third-order valence-electron chi connectivity index (χ3n) is 4.48. The molecule has 1 aromatic carbocycles. The van der Waals surface area contributed by atoms with E-state index in [9.17, 15) is 4.79 Å². The smallest absolute Gasteiger partial charge is 0.410 e. The van der Waals surface area contributed by atoms with Crippen LogP contribution in [0.1, 0.15) is 52.0 Å². The van der Waals surface area contributed by atoms with E-state index in [0.29, 0.717) is 36.0 Å². The molecule has 0 aliphatic carbocycles. The van der Waals surface area contributed by atoms with Crippen molar-refractivity contribution in [2.75, 3.05) is 13.1 Å². The lowest BCUT2D eigenvalue weighted by atomic mass is 9.71. The molecular weight excluding hydrogens is 359 g/mol. The minimum Gasteiger partial charge on any atom is -0.444 e. The van der Waals surface area contributed by atoms with E-state index >= 15 is 0 Å². The van der Waals surface area contributed by atoms with Crippen LogP contribution in [0.5, 0.6) is 0 Å². The first-order valence-corrected chi connectivity index (χ1v) is 9.23. The predicted molar refractivity (Wildman–Crippen MR) is 100 cm³/mol. The van der Waals surface area contributed by atoms with Crippen molar-refractivity contribution < 1.29 is 9.53 Å². The van der Waals surface area contributed by atoms with Gasteiger partial charge in [-0.15, -0.1) is 0 Å². The molecule has 2 rings (SSSR count). The van der Waals surface area contributed by atoms with Crippen molar-refractivity contribution >= 4 is 29.3 Å². The Morgan fingerprint density at radius 3 is 2.68 bits per heavy atom. The number of benzene rings is 1. The van der Waals surface area contributed by atoms with Crippen molar-refractivity contribution in [3.63, 3.8) is 0 Å². The molecule has 1 saturated heterocycles. The molecule has 1 fully saturated rings. The zero-order chi connectivity index (χ0) is 18.7. The lowest BCUT2D eigenvalue weighted by molar-refractivity contribution is 0.0128. The summed E-state index contributed by atoms with van der Waals surface area (Å²) in [6.45, 7) is 6.75. The maximum absolute atomic E-state index is 12.5. The Bertz CT molecular complexity index is 679. The highest BCUT2D eigenvalue weighted by molar-refractivity contribution is 6.42. The van der Waals surface area contributed by atoms with Gasteiger partial charge in [-0.2, -0.15) is 5.26 Å². The first-order chi connectivity index (χ1) is 11.7. The number of nitriles is 1. The highest BCUT2D eigenvalue weighted by atomic mass is 35.5. The van der Waals surface area contributed by atoms with Gasteiger partial charge >= 0.3 is 6.09 Å².